The number of ether oxygens (including phenoxy) is 2. The van der Waals surface area contributed by atoms with Crippen molar-refractivity contribution in [3.05, 3.63) is 54.6 Å². The van der Waals surface area contributed by atoms with Crippen molar-refractivity contribution in [2.24, 2.45) is 0 Å². The molecule has 1 aromatic heterocycles. The molecule has 0 amide bonds. The molecule has 0 fully saturated rings. The largest absolute Gasteiger partial charge is 0.476 e. The van der Waals surface area contributed by atoms with E-state index in [1.165, 1.54) is 5.39 Å². The third-order valence-corrected chi connectivity index (χ3v) is 3.09. The van der Waals surface area contributed by atoms with Crippen LogP contribution >= 0.6 is 0 Å². The number of pyridine rings is 1. The van der Waals surface area contributed by atoms with Gasteiger partial charge in [-0.1, -0.05) is 30.3 Å². The predicted octanol–water partition coefficient (Wildman–Crippen LogP) is 4.01. The highest BCUT2D eigenvalue weighted by Gasteiger charge is 2.06. The average molecular weight is 280 g/mol. The van der Waals surface area contributed by atoms with E-state index in [9.17, 15) is 0 Å². The molecular formula is C17H16N2O2. The van der Waals surface area contributed by atoms with Gasteiger partial charge in [0, 0.05) is 6.07 Å². The molecule has 0 spiro atoms. The van der Waals surface area contributed by atoms with Crippen LogP contribution in [0.25, 0.3) is 10.8 Å². The van der Waals surface area contributed by atoms with Gasteiger partial charge >= 0.3 is 0 Å². The van der Waals surface area contributed by atoms with Gasteiger partial charge in [-0.2, -0.15) is 4.98 Å². The topological polar surface area (TPSA) is 57.4 Å². The predicted molar refractivity (Wildman–Crippen MR) is 83.8 cm³/mol. The number of nitrogens with two attached hydrogens (primary N) is 1. The van der Waals surface area contributed by atoms with E-state index in [2.05, 4.69) is 11.1 Å². The Labute approximate surface area is 123 Å². The van der Waals surface area contributed by atoms with Gasteiger partial charge in [0.2, 0.25) is 11.8 Å². The molecule has 0 bridgehead atoms. The summed E-state index contributed by atoms with van der Waals surface area (Å²) >= 11 is 0. The first-order chi connectivity index (χ1) is 10.3. The Hall–Kier alpha value is -2.75. The average Bonchev–Trinajstić information content (AvgIpc) is 2.51. The summed E-state index contributed by atoms with van der Waals surface area (Å²) < 4.78 is 11.2. The van der Waals surface area contributed by atoms with E-state index in [1.807, 2.05) is 43.3 Å². The first kappa shape index (κ1) is 13.2. The standard InChI is InChI=1S/C17H16N2O2/c1-2-20-17-15(18)9-10-16(19-17)21-14-8-7-12-5-3-4-6-13(12)11-14/h3-11H,2,18H2,1H3. The lowest BCUT2D eigenvalue weighted by Gasteiger charge is -2.09. The lowest BCUT2D eigenvalue weighted by Crippen LogP contribution is -2.00. The van der Waals surface area contributed by atoms with Crippen molar-refractivity contribution in [3.63, 3.8) is 0 Å². The monoisotopic (exact) mass is 280 g/mol. The van der Waals surface area contributed by atoms with Gasteiger partial charge in [-0.3, -0.25) is 0 Å². The fourth-order valence-corrected chi connectivity index (χ4v) is 2.10. The third kappa shape index (κ3) is 2.89. The van der Waals surface area contributed by atoms with Crippen LogP contribution in [0.5, 0.6) is 17.5 Å². The molecule has 2 N–H and O–H groups in total. The van der Waals surface area contributed by atoms with Crippen molar-refractivity contribution in [1.29, 1.82) is 0 Å². The molecule has 0 aliphatic rings. The van der Waals surface area contributed by atoms with E-state index in [4.69, 9.17) is 15.2 Å². The highest BCUT2D eigenvalue weighted by atomic mass is 16.5. The Bertz CT molecular complexity index is 772. The van der Waals surface area contributed by atoms with Crippen LogP contribution in [0.15, 0.2) is 54.6 Å². The van der Waals surface area contributed by atoms with Crippen LogP contribution in [0.4, 0.5) is 5.69 Å². The number of benzene rings is 2. The second kappa shape index (κ2) is 5.71. The number of hydrogen-bond acceptors (Lipinski definition) is 4. The number of anilines is 1. The molecule has 4 nitrogen and oxygen atoms in total. The quantitative estimate of drug-likeness (QED) is 0.784. The highest BCUT2D eigenvalue weighted by Crippen LogP contribution is 2.28. The summed E-state index contributed by atoms with van der Waals surface area (Å²) in [5, 5.41) is 2.29. The molecule has 0 saturated heterocycles. The molecule has 106 valence electrons. The smallest absolute Gasteiger partial charge is 0.240 e. The zero-order valence-electron chi connectivity index (χ0n) is 11.7. The number of hydrogen-bond donors (Lipinski definition) is 1. The number of fused-ring (bicyclic) bond motifs is 1. The summed E-state index contributed by atoms with van der Waals surface area (Å²) in [4.78, 5) is 4.27. The van der Waals surface area contributed by atoms with E-state index in [0.717, 1.165) is 11.1 Å². The summed E-state index contributed by atoms with van der Waals surface area (Å²) in [7, 11) is 0. The van der Waals surface area contributed by atoms with Crippen LogP contribution in [-0.4, -0.2) is 11.6 Å². The summed E-state index contributed by atoms with van der Waals surface area (Å²) in [6, 6.07) is 17.5. The highest BCUT2D eigenvalue weighted by molar-refractivity contribution is 5.83. The van der Waals surface area contributed by atoms with Gasteiger partial charge in [-0.25, -0.2) is 0 Å². The molecule has 4 heteroatoms. The Morgan fingerprint density at radius 2 is 1.81 bits per heavy atom. The van der Waals surface area contributed by atoms with Gasteiger partial charge in [-0.05, 0) is 35.9 Å². The van der Waals surface area contributed by atoms with Crippen LogP contribution in [0.3, 0.4) is 0 Å². The minimum atomic E-state index is 0.399. The molecule has 0 saturated carbocycles. The maximum absolute atomic E-state index is 5.80. The third-order valence-electron chi connectivity index (χ3n) is 3.09. The first-order valence-corrected chi connectivity index (χ1v) is 6.82. The second-order valence-corrected chi connectivity index (χ2v) is 4.59. The molecule has 21 heavy (non-hydrogen) atoms. The lowest BCUT2D eigenvalue weighted by atomic mass is 10.1. The molecule has 0 radical (unpaired) electrons. The number of rotatable bonds is 4. The summed E-state index contributed by atoms with van der Waals surface area (Å²) in [5.74, 6) is 1.59. The van der Waals surface area contributed by atoms with E-state index >= 15 is 0 Å². The fourth-order valence-electron chi connectivity index (χ4n) is 2.10. The van der Waals surface area contributed by atoms with Crippen LogP contribution < -0.4 is 15.2 Å². The summed E-state index contributed by atoms with van der Waals surface area (Å²) in [6.07, 6.45) is 0. The van der Waals surface area contributed by atoms with Crippen LogP contribution in [0, 0.1) is 0 Å². The molecule has 0 atom stereocenters. The SMILES string of the molecule is CCOc1nc(Oc2ccc3ccccc3c2)ccc1N. The van der Waals surface area contributed by atoms with Gasteiger partial charge in [0.05, 0.1) is 12.3 Å². The van der Waals surface area contributed by atoms with E-state index in [1.54, 1.807) is 12.1 Å². The molecule has 1 heterocycles. The molecular weight excluding hydrogens is 264 g/mol. The molecule has 2 aromatic carbocycles. The molecule has 0 unspecified atom stereocenters. The Kier molecular flexibility index (Phi) is 3.60. The normalized spacial score (nSPS) is 10.5. The fraction of sp³-hybridized carbons (Fsp3) is 0.118. The van der Waals surface area contributed by atoms with Crippen molar-refractivity contribution in [1.82, 2.24) is 4.98 Å². The maximum atomic E-state index is 5.80. The van der Waals surface area contributed by atoms with E-state index in [0.29, 0.717) is 24.1 Å². The van der Waals surface area contributed by atoms with Crippen LogP contribution in [-0.2, 0) is 0 Å². The van der Waals surface area contributed by atoms with E-state index < -0.39 is 0 Å². The van der Waals surface area contributed by atoms with Gasteiger partial charge < -0.3 is 15.2 Å². The van der Waals surface area contributed by atoms with Crippen molar-refractivity contribution in [2.45, 2.75) is 6.92 Å². The molecule has 3 rings (SSSR count). The Morgan fingerprint density at radius 1 is 1.00 bits per heavy atom. The zero-order valence-corrected chi connectivity index (χ0v) is 11.7. The van der Waals surface area contributed by atoms with Gasteiger partial charge in [-0.15, -0.1) is 0 Å². The lowest BCUT2D eigenvalue weighted by molar-refractivity contribution is 0.323. The summed E-state index contributed by atoms with van der Waals surface area (Å²) in [6.45, 7) is 2.40. The van der Waals surface area contributed by atoms with Crippen molar-refractivity contribution < 1.29 is 9.47 Å². The maximum Gasteiger partial charge on any atom is 0.240 e. The molecule has 3 aromatic rings. The van der Waals surface area contributed by atoms with Crippen molar-refractivity contribution >= 4 is 16.5 Å². The second-order valence-electron chi connectivity index (χ2n) is 4.59. The molecule has 0 aliphatic heterocycles. The number of nitrogens with zero attached hydrogens (tertiary/aromatic N) is 1. The van der Waals surface area contributed by atoms with Crippen molar-refractivity contribution in [2.75, 3.05) is 12.3 Å². The number of aromatic nitrogens is 1. The minimum Gasteiger partial charge on any atom is -0.476 e. The van der Waals surface area contributed by atoms with Crippen molar-refractivity contribution in [3.8, 4) is 17.5 Å². The zero-order chi connectivity index (χ0) is 14.7. The van der Waals surface area contributed by atoms with Crippen LogP contribution in [0.2, 0.25) is 0 Å². The Morgan fingerprint density at radius 3 is 2.62 bits per heavy atom. The van der Waals surface area contributed by atoms with Gasteiger partial charge in [0.25, 0.3) is 0 Å². The van der Waals surface area contributed by atoms with E-state index in [-0.39, 0.29) is 0 Å². The molecule has 0 aliphatic carbocycles. The first-order valence-electron chi connectivity index (χ1n) is 6.82. The summed E-state index contributed by atoms with van der Waals surface area (Å²) in [5.41, 5.74) is 6.30. The van der Waals surface area contributed by atoms with Gasteiger partial charge in [0.15, 0.2) is 0 Å². The van der Waals surface area contributed by atoms with Gasteiger partial charge in [0.1, 0.15) is 5.75 Å². The van der Waals surface area contributed by atoms with Crippen LogP contribution in [0.1, 0.15) is 6.92 Å². The Balaban J connectivity index is 1.89. The number of nitrogen functional groups attached to an aromatic ring is 1. The minimum absolute atomic E-state index is 0.399.